The maximum Gasteiger partial charge on any atom is 0.317 e. The van der Waals surface area contributed by atoms with Crippen molar-refractivity contribution in [3.05, 3.63) is 29.8 Å². The van der Waals surface area contributed by atoms with Gasteiger partial charge < -0.3 is 20.1 Å². The molecule has 25 heavy (non-hydrogen) atoms. The molecule has 1 aliphatic heterocycles. The average molecular weight is 348 g/mol. The van der Waals surface area contributed by atoms with Crippen molar-refractivity contribution in [1.29, 1.82) is 0 Å². The lowest BCUT2D eigenvalue weighted by molar-refractivity contribution is -0.143. The van der Waals surface area contributed by atoms with Crippen LogP contribution in [0.4, 0.5) is 4.79 Å². The number of likely N-dealkylation sites (tertiary alicyclic amines) is 1. The van der Waals surface area contributed by atoms with Crippen molar-refractivity contribution >= 4 is 12.0 Å². The molecule has 1 aromatic rings. The van der Waals surface area contributed by atoms with Crippen molar-refractivity contribution in [3.8, 4) is 5.75 Å². The predicted molar refractivity (Wildman–Crippen MR) is 95.9 cm³/mol. The number of rotatable bonds is 5. The number of hydrogen-bond acceptors (Lipinski definition) is 3. The van der Waals surface area contributed by atoms with Gasteiger partial charge in [0, 0.05) is 25.0 Å². The first kappa shape index (κ1) is 19.1. The molecule has 0 saturated carbocycles. The van der Waals surface area contributed by atoms with E-state index in [1.807, 2.05) is 31.2 Å². The highest BCUT2D eigenvalue weighted by Gasteiger charge is 2.32. The Morgan fingerprint density at radius 1 is 1.28 bits per heavy atom. The van der Waals surface area contributed by atoms with Gasteiger partial charge in [0.15, 0.2) is 0 Å². The number of carboxylic acid groups (broad SMARTS) is 1. The van der Waals surface area contributed by atoms with E-state index in [1.54, 1.807) is 12.0 Å². The molecule has 1 saturated heterocycles. The van der Waals surface area contributed by atoms with Crippen LogP contribution in [0.1, 0.15) is 32.8 Å². The molecule has 2 N–H and O–H groups in total. The van der Waals surface area contributed by atoms with Crippen LogP contribution < -0.4 is 10.1 Å². The first-order valence-corrected chi connectivity index (χ1v) is 8.63. The van der Waals surface area contributed by atoms with Gasteiger partial charge in [-0.3, -0.25) is 4.79 Å². The maximum atomic E-state index is 12.5. The van der Waals surface area contributed by atoms with Gasteiger partial charge in [0.05, 0.1) is 13.0 Å². The second-order valence-corrected chi connectivity index (χ2v) is 7.55. The minimum atomic E-state index is -0.831. The number of carbonyl (C=O) groups excluding carboxylic acids is 1. The standard InChI is InChI=1S/C19H28N2O4/c1-13-9-14(17(22)23)11-21(10-13)18(24)20-12-19(2,3)15-5-7-16(25-4)8-6-15/h5-8,13-14H,9-12H2,1-4H3,(H,20,24)(H,22,23). The Kier molecular flexibility index (Phi) is 5.93. The van der Waals surface area contributed by atoms with E-state index in [0.29, 0.717) is 19.5 Å². The highest BCUT2D eigenvalue weighted by molar-refractivity contribution is 5.76. The normalized spacial score (nSPS) is 20.9. The number of nitrogens with one attached hydrogen (secondary N) is 1. The molecule has 6 heteroatoms. The van der Waals surface area contributed by atoms with E-state index in [0.717, 1.165) is 11.3 Å². The highest BCUT2D eigenvalue weighted by atomic mass is 16.5. The number of hydrogen-bond donors (Lipinski definition) is 2. The first-order valence-electron chi connectivity index (χ1n) is 8.63. The summed E-state index contributed by atoms with van der Waals surface area (Å²) in [7, 11) is 1.63. The van der Waals surface area contributed by atoms with Gasteiger partial charge in [0.1, 0.15) is 5.75 Å². The molecule has 138 valence electrons. The van der Waals surface area contributed by atoms with E-state index >= 15 is 0 Å². The number of aliphatic carboxylic acids is 1. The number of amides is 2. The fraction of sp³-hybridized carbons (Fsp3) is 0.579. The third-order valence-corrected chi connectivity index (χ3v) is 4.85. The third-order valence-electron chi connectivity index (χ3n) is 4.85. The lowest BCUT2D eigenvalue weighted by Crippen LogP contribution is -2.51. The van der Waals surface area contributed by atoms with Gasteiger partial charge in [0.2, 0.25) is 0 Å². The minimum Gasteiger partial charge on any atom is -0.497 e. The van der Waals surface area contributed by atoms with Gasteiger partial charge in [-0.25, -0.2) is 4.79 Å². The number of methoxy groups -OCH3 is 1. The van der Waals surface area contributed by atoms with Gasteiger partial charge in [-0.1, -0.05) is 32.9 Å². The molecule has 0 spiro atoms. The van der Waals surface area contributed by atoms with Gasteiger partial charge in [-0.05, 0) is 30.0 Å². The molecule has 1 heterocycles. The molecule has 1 aliphatic rings. The second kappa shape index (κ2) is 7.76. The van der Waals surface area contributed by atoms with Crippen molar-refractivity contribution in [1.82, 2.24) is 10.2 Å². The molecular weight excluding hydrogens is 320 g/mol. The summed E-state index contributed by atoms with van der Waals surface area (Å²) in [5.41, 5.74) is 0.860. The SMILES string of the molecule is COc1ccc(C(C)(C)CNC(=O)N2CC(C)CC(C(=O)O)C2)cc1. The fourth-order valence-electron chi connectivity index (χ4n) is 3.25. The first-order chi connectivity index (χ1) is 11.7. The predicted octanol–water partition coefficient (Wildman–Crippen LogP) is 2.73. The Labute approximate surface area is 149 Å². The molecular formula is C19H28N2O4. The summed E-state index contributed by atoms with van der Waals surface area (Å²) in [6.07, 6.45) is 0.621. The Hall–Kier alpha value is -2.24. The Morgan fingerprint density at radius 3 is 2.48 bits per heavy atom. The molecule has 0 aromatic heterocycles. The second-order valence-electron chi connectivity index (χ2n) is 7.55. The van der Waals surface area contributed by atoms with Crippen LogP contribution in [-0.4, -0.2) is 48.8 Å². The molecule has 2 atom stereocenters. The molecule has 0 aliphatic carbocycles. The molecule has 0 bridgehead atoms. The largest absolute Gasteiger partial charge is 0.497 e. The number of ether oxygens (including phenoxy) is 1. The number of piperidine rings is 1. The summed E-state index contributed by atoms with van der Waals surface area (Å²) in [6, 6.07) is 7.60. The zero-order valence-electron chi connectivity index (χ0n) is 15.4. The quantitative estimate of drug-likeness (QED) is 0.857. The van der Waals surface area contributed by atoms with E-state index < -0.39 is 11.9 Å². The van der Waals surface area contributed by atoms with Crippen LogP contribution in [0.15, 0.2) is 24.3 Å². The number of carbonyl (C=O) groups is 2. The Balaban J connectivity index is 1.96. The summed E-state index contributed by atoms with van der Waals surface area (Å²) in [5.74, 6) is -0.326. The molecule has 2 unspecified atom stereocenters. The summed E-state index contributed by atoms with van der Waals surface area (Å²) in [4.78, 5) is 25.4. The van der Waals surface area contributed by atoms with Gasteiger partial charge in [0.25, 0.3) is 0 Å². The lowest BCUT2D eigenvalue weighted by Gasteiger charge is -2.35. The van der Waals surface area contributed by atoms with Crippen LogP contribution in [0, 0.1) is 11.8 Å². The molecule has 1 aromatic carbocycles. The van der Waals surface area contributed by atoms with Crippen LogP contribution in [0.3, 0.4) is 0 Å². The molecule has 1 fully saturated rings. The van der Waals surface area contributed by atoms with Crippen molar-refractivity contribution in [2.75, 3.05) is 26.7 Å². The van der Waals surface area contributed by atoms with E-state index in [-0.39, 0.29) is 23.9 Å². The van der Waals surface area contributed by atoms with Crippen molar-refractivity contribution in [3.63, 3.8) is 0 Å². The number of benzene rings is 1. The summed E-state index contributed by atoms with van der Waals surface area (Å²) in [5, 5.41) is 12.2. The molecule has 2 amide bonds. The van der Waals surface area contributed by atoms with Gasteiger partial charge >= 0.3 is 12.0 Å². The Bertz CT molecular complexity index is 612. The number of carboxylic acids is 1. The van der Waals surface area contributed by atoms with E-state index in [9.17, 15) is 14.7 Å². The Morgan fingerprint density at radius 2 is 1.92 bits per heavy atom. The van der Waals surface area contributed by atoms with Crippen LogP contribution in [0.5, 0.6) is 5.75 Å². The number of nitrogens with zero attached hydrogens (tertiary/aromatic N) is 1. The van der Waals surface area contributed by atoms with Crippen LogP contribution in [0.2, 0.25) is 0 Å². The zero-order chi connectivity index (χ0) is 18.6. The van der Waals surface area contributed by atoms with Crippen molar-refractivity contribution < 1.29 is 19.4 Å². The summed E-state index contributed by atoms with van der Waals surface area (Å²) < 4.78 is 5.17. The highest BCUT2D eigenvalue weighted by Crippen LogP contribution is 2.25. The third kappa shape index (κ3) is 4.87. The average Bonchev–Trinajstić information content (AvgIpc) is 2.59. The van der Waals surface area contributed by atoms with E-state index in [2.05, 4.69) is 19.2 Å². The monoisotopic (exact) mass is 348 g/mol. The van der Waals surface area contributed by atoms with E-state index in [4.69, 9.17) is 4.74 Å². The zero-order valence-corrected chi connectivity index (χ0v) is 15.4. The van der Waals surface area contributed by atoms with Crippen molar-refractivity contribution in [2.24, 2.45) is 11.8 Å². The lowest BCUT2D eigenvalue weighted by atomic mass is 9.84. The molecule has 0 radical (unpaired) electrons. The maximum absolute atomic E-state index is 12.5. The summed E-state index contributed by atoms with van der Waals surface area (Å²) in [6.45, 7) is 7.45. The molecule has 6 nitrogen and oxygen atoms in total. The van der Waals surface area contributed by atoms with Crippen LogP contribution >= 0.6 is 0 Å². The smallest absolute Gasteiger partial charge is 0.317 e. The van der Waals surface area contributed by atoms with Gasteiger partial charge in [-0.2, -0.15) is 0 Å². The fourth-order valence-corrected chi connectivity index (χ4v) is 3.25. The summed E-state index contributed by atoms with van der Waals surface area (Å²) >= 11 is 0. The number of urea groups is 1. The molecule has 2 rings (SSSR count). The van der Waals surface area contributed by atoms with Crippen LogP contribution in [0.25, 0.3) is 0 Å². The van der Waals surface area contributed by atoms with Crippen LogP contribution in [-0.2, 0) is 10.2 Å². The van der Waals surface area contributed by atoms with Crippen molar-refractivity contribution in [2.45, 2.75) is 32.6 Å². The van der Waals surface area contributed by atoms with E-state index in [1.165, 1.54) is 0 Å². The minimum absolute atomic E-state index is 0.190. The topological polar surface area (TPSA) is 78.9 Å². The van der Waals surface area contributed by atoms with Gasteiger partial charge in [-0.15, -0.1) is 0 Å².